The van der Waals surface area contributed by atoms with Crippen LogP contribution in [0.15, 0.2) is 12.1 Å². The smallest absolute Gasteiger partial charge is 0.307 e. The van der Waals surface area contributed by atoms with Crippen molar-refractivity contribution in [1.82, 2.24) is 0 Å². The number of aryl methyl sites for hydroxylation is 1. The van der Waals surface area contributed by atoms with Crippen LogP contribution in [0.4, 0.5) is 4.39 Å². The molecule has 0 aliphatic carbocycles. The number of benzene rings is 1. The molecule has 0 spiro atoms. The van der Waals surface area contributed by atoms with Gasteiger partial charge in [-0.25, -0.2) is 4.39 Å². The van der Waals surface area contributed by atoms with Crippen LogP contribution in [0.2, 0.25) is 0 Å². The number of aliphatic carboxylic acids is 1. The maximum absolute atomic E-state index is 12.9. The summed E-state index contributed by atoms with van der Waals surface area (Å²) in [4.78, 5) is 10.4. The molecule has 0 amide bonds. The minimum atomic E-state index is -0.937. The summed E-state index contributed by atoms with van der Waals surface area (Å²) in [6.07, 6.45) is -0.121. The third kappa shape index (κ3) is 2.28. The second kappa shape index (κ2) is 3.56. The Kier molecular flexibility index (Phi) is 2.66. The average molecular weight is 182 g/mol. The lowest BCUT2D eigenvalue weighted by atomic mass is 10.0. The molecule has 3 heteroatoms. The average Bonchev–Trinajstić information content (AvgIpc) is 1.98. The molecular formula is C10H11FO2. The van der Waals surface area contributed by atoms with E-state index in [9.17, 15) is 9.18 Å². The molecule has 1 aromatic carbocycles. The summed E-state index contributed by atoms with van der Waals surface area (Å²) in [5.41, 5.74) is 2.19. The number of carbonyl (C=O) groups is 1. The molecule has 0 fully saturated rings. The maximum atomic E-state index is 12.9. The molecule has 0 radical (unpaired) electrons. The van der Waals surface area contributed by atoms with Gasteiger partial charge >= 0.3 is 5.97 Å². The standard InChI is InChI=1S/C10H11FO2/c1-6-3-9(11)4-8(7(6)2)5-10(12)13/h3-4H,5H2,1-2H3,(H,12,13). The highest BCUT2D eigenvalue weighted by molar-refractivity contribution is 5.70. The Hall–Kier alpha value is -1.38. The van der Waals surface area contributed by atoms with Gasteiger partial charge in [0, 0.05) is 0 Å². The number of halogens is 1. The van der Waals surface area contributed by atoms with E-state index < -0.39 is 5.97 Å². The predicted molar refractivity (Wildman–Crippen MR) is 47.2 cm³/mol. The highest BCUT2D eigenvalue weighted by Gasteiger charge is 2.07. The normalized spacial score (nSPS) is 10.1. The van der Waals surface area contributed by atoms with Crippen molar-refractivity contribution >= 4 is 5.97 Å². The summed E-state index contributed by atoms with van der Waals surface area (Å²) in [7, 11) is 0. The second-order valence-electron chi connectivity index (χ2n) is 3.08. The Morgan fingerprint density at radius 2 is 2.08 bits per heavy atom. The molecule has 0 heterocycles. The molecule has 0 bridgehead atoms. The number of rotatable bonds is 2. The van der Waals surface area contributed by atoms with Crippen LogP contribution in [0, 0.1) is 19.7 Å². The van der Waals surface area contributed by atoms with Crippen LogP contribution in [0.3, 0.4) is 0 Å². The lowest BCUT2D eigenvalue weighted by Crippen LogP contribution is -2.03. The second-order valence-corrected chi connectivity index (χ2v) is 3.08. The van der Waals surface area contributed by atoms with Crippen molar-refractivity contribution in [3.8, 4) is 0 Å². The van der Waals surface area contributed by atoms with Gasteiger partial charge in [-0.15, -0.1) is 0 Å². The number of hydrogen-bond acceptors (Lipinski definition) is 1. The Morgan fingerprint density at radius 1 is 1.46 bits per heavy atom. The summed E-state index contributed by atoms with van der Waals surface area (Å²) >= 11 is 0. The van der Waals surface area contributed by atoms with E-state index in [-0.39, 0.29) is 12.2 Å². The summed E-state index contributed by atoms with van der Waals surface area (Å²) in [6, 6.07) is 2.68. The molecular weight excluding hydrogens is 171 g/mol. The van der Waals surface area contributed by atoms with Crippen molar-refractivity contribution in [2.24, 2.45) is 0 Å². The number of carboxylic acid groups (broad SMARTS) is 1. The molecule has 1 N–H and O–H groups in total. The molecule has 0 aromatic heterocycles. The fraction of sp³-hybridized carbons (Fsp3) is 0.300. The van der Waals surface area contributed by atoms with E-state index in [0.29, 0.717) is 5.56 Å². The molecule has 13 heavy (non-hydrogen) atoms. The van der Waals surface area contributed by atoms with Crippen molar-refractivity contribution in [3.63, 3.8) is 0 Å². The van der Waals surface area contributed by atoms with Crippen LogP contribution in [-0.4, -0.2) is 11.1 Å². The first-order valence-electron chi connectivity index (χ1n) is 3.98. The molecule has 0 saturated heterocycles. The fourth-order valence-corrected chi connectivity index (χ4v) is 1.23. The van der Waals surface area contributed by atoms with Crippen LogP contribution in [-0.2, 0) is 11.2 Å². The molecule has 0 atom stereocenters. The number of carboxylic acids is 1. The van der Waals surface area contributed by atoms with Gasteiger partial charge in [0.15, 0.2) is 0 Å². The van der Waals surface area contributed by atoms with Crippen molar-refractivity contribution in [2.75, 3.05) is 0 Å². The molecule has 0 aliphatic rings. The van der Waals surface area contributed by atoms with E-state index in [0.717, 1.165) is 11.1 Å². The molecule has 1 rings (SSSR count). The maximum Gasteiger partial charge on any atom is 0.307 e. The van der Waals surface area contributed by atoms with Crippen LogP contribution in [0.25, 0.3) is 0 Å². The van der Waals surface area contributed by atoms with Gasteiger partial charge in [0.1, 0.15) is 5.82 Å². The van der Waals surface area contributed by atoms with E-state index >= 15 is 0 Å². The predicted octanol–water partition coefficient (Wildman–Crippen LogP) is 2.07. The minimum Gasteiger partial charge on any atom is -0.481 e. The zero-order valence-corrected chi connectivity index (χ0v) is 7.60. The van der Waals surface area contributed by atoms with Gasteiger partial charge in [-0.05, 0) is 42.7 Å². The van der Waals surface area contributed by atoms with Crippen molar-refractivity contribution in [3.05, 3.63) is 34.6 Å². The minimum absolute atomic E-state index is 0.121. The Bertz CT molecular complexity index is 345. The van der Waals surface area contributed by atoms with Gasteiger partial charge in [-0.3, -0.25) is 4.79 Å². The highest BCUT2D eigenvalue weighted by atomic mass is 19.1. The van der Waals surface area contributed by atoms with E-state index in [2.05, 4.69) is 0 Å². The first-order valence-corrected chi connectivity index (χ1v) is 3.98. The van der Waals surface area contributed by atoms with Gasteiger partial charge < -0.3 is 5.11 Å². The van der Waals surface area contributed by atoms with Gasteiger partial charge in [0.05, 0.1) is 6.42 Å². The molecule has 0 unspecified atom stereocenters. The molecule has 2 nitrogen and oxygen atoms in total. The Morgan fingerprint density at radius 3 is 2.62 bits per heavy atom. The van der Waals surface area contributed by atoms with Crippen LogP contribution >= 0.6 is 0 Å². The highest BCUT2D eigenvalue weighted by Crippen LogP contribution is 2.15. The van der Waals surface area contributed by atoms with E-state index in [4.69, 9.17) is 5.11 Å². The zero-order valence-electron chi connectivity index (χ0n) is 7.60. The molecule has 70 valence electrons. The van der Waals surface area contributed by atoms with Crippen molar-refractivity contribution in [2.45, 2.75) is 20.3 Å². The van der Waals surface area contributed by atoms with Crippen LogP contribution < -0.4 is 0 Å². The van der Waals surface area contributed by atoms with Gasteiger partial charge in [-0.2, -0.15) is 0 Å². The third-order valence-electron chi connectivity index (χ3n) is 2.08. The molecule has 0 aliphatic heterocycles. The van der Waals surface area contributed by atoms with Crippen LogP contribution in [0.5, 0.6) is 0 Å². The van der Waals surface area contributed by atoms with Crippen molar-refractivity contribution < 1.29 is 14.3 Å². The first-order chi connectivity index (χ1) is 6.00. The summed E-state index contributed by atoms with van der Waals surface area (Å²) in [5, 5.41) is 8.55. The lowest BCUT2D eigenvalue weighted by molar-refractivity contribution is -0.136. The fourth-order valence-electron chi connectivity index (χ4n) is 1.23. The van der Waals surface area contributed by atoms with Gasteiger partial charge in [0.2, 0.25) is 0 Å². The first kappa shape index (κ1) is 9.71. The van der Waals surface area contributed by atoms with E-state index in [1.54, 1.807) is 13.8 Å². The number of hydrogen-bond donors (Lipinski definition) is 1. The monoisotopic (exact) mass is 182 g/mol. The van der Waals surface area contributed by atoms with Gasteiger partial charge in [-0.1, -0.05) is 0 Å². The summed E-state index contributed by atoms with van der Waals surface area (Å²) in [5.74, 6) is -1.31. The topological polar surface area (TPSA) is 37.3 Å². The van der Waals surface area contributed by atoms with E-state index in [1.807, 2.05) is 0 Å². The van der Waals surface area contributed by atoms with Crippen LogP contribution in [0.1, 0.15) is 16.7 Å². The molecule has 1 aromatic rings. The van der Waals surface area contributed by atoms with Gasteiger partial charge in [0.25, 0.3) is 0 Å². The molecule has 0 saturated carbocycles. The van der Waals surface area contributed by atoms with Crippen molar-refractivity contribution in [1.29, 1.82) is 0 Å². The SMILES string of the molecule is Cc1cc(F)cc(CC(=O)O)c1C. The largest absolute Gasteiger partial charge is 0.481 e. The van der Waals surface area contributed by atoms with E-state index in [1.165, 1.54) is 12.1 Å². The zero-order chi connectivity index (χ0) is 10.0. The third-order valence-corrected chi connectivity index (χ3v) is 2.08. The quantitative estimate of drug-likeness (QED) is 0.760. The Labute approximate surface area is 76.0 Å². The Balaban J connectivity index is 3.12. The summed E-state index contributed by atoms with van der Waals surface area (Å²) < 4.78 is 12.9. The summed E-state index contributed by atoms with van der Waals surface area (Å²) in [6.45, 7) is 3.57. The lowest BCUT2D eigenvalue weighted by Gasteiger charge is -2.06.